The Morgan fingerprint density at radius 1 is 0.857 bits per heavy atom. The van der Waals surface area contributed by atoms with Crippen LogP contribution in [0.15, 0.2) is 84.9 Å². The van der Waals surface area contributed by atoms with Gasteiger partial charge in [-0.2, -0.15) is 0 Å². The quantitative estimate of drug-likeness (QED) is 0.613. The van der Waals surface area contributed by atoms with E-state index in [-0.39, 0.29) is 24.0 Å². The van der Waals surface area contributed by atoms with Crippen LogP contribution in [0.4, 0.5) is 0 Å². The van der Waals surface area contributed by atoms with Crippen molar-refractivity contribution in [1.29, 1.82) is 0 Å². The fraction of sp³-hybridized carbons (Fsp3) is 0.240. The predicted octanol–water partition coefficient (Wildman–Crippen LogP) is 5.27. The Kier molecular flexibility index (Phi) is 6.15. The molecule has 3 rings (SSSR count). The molecule has 0 heterocycles. The summed E-state index contributed by atoms with van der Waals surface area (Å²) < 4.78 is 5.67. The highest BCUT2D eigenvalue weighted by Gasteiger charge is 2.22. The van der Waals surface area contributed by atoms with Gasteiger partial charge in [0, 0.05) is 5.41 Å². The van der Waals surface area contributed by atoms with Gasteiger partial charge in [-0.15, -0.1) is 0 Å². The molecule has 144 valence electrons. The molecule has 3 heteroatoms. The van der Waals surface area contributed by atoms with Gasteiger partial charge in [0.15, 0.2) is 6.61 Å². The minimum Gasteiger partial charge on any atom is -0.484 e. The number of hydrogen-bond donors (Lipinski definition) is 1. The van der Waals surface area contributed by atoms with Gasteiger partial charge in [-0.25, -0.2) is 0 Å². The lowest BCUT2D eigenvalue weighted by atomic mass is 9.78. The van der Waals surface area contributed by atoms with Crippen molar-refractivity contribution in [3.05, 3.63) is 102 Å². The van der Waals surface area contributed by atoms with Crippen molar-refractivity contribution >= 4 is 5.91 Å². The van der Waals surface area contributed by atoms with Crippen LogP contribution < -0.4 is 10.1 Å². The van der Waals surface area contributed by atoms with Gasteiger partial charge >= 0.3 is 0 Å². The first-order valence-corrected chi connectivity index (χ1v) is 9.60. The fourth-order valence-corrected chi connectivity index (χ4v) is 3.25. The number of benzene rings is 3. The third kappa shape index (κ3) is 4.80. The normalized spacial score (nSPS) is 12.2. The van der Waals surface area contributed by atoms with Gasteiger partial charge in [0.2, 0.25) is 0 Å². The molecule has 1 N–H and O–H groups in total. The number of amides is 1. The zero-order valence-corrected chi connectivity index (χ0v) is 16.7. The summed E-state index contributed by atoms with van der Waals surface area (Å²) in [6.45, 7) is 6.37. The van der Waals surface area contributed by atoms with E-state index in [1.165, 1.54) is 11.1 Å². The highest BCUT2D eigenvalue weighted by atomic mass is 16.5. The van der Waals surface area contributed by atoms with E-state index < -0.39 is 0 Å². The molecule has 0 fully saturated rings. The average Bonchev–Trinajstić information content (AvgIpc) is 2.74. The number of hydrogen-bond acceptors (Lipinski definition) is 2. The van der Waals surface area contributed by atoms with Crippen LogP contribution in [-0.2, 0) is 10.2 Å². The van der Waals surface area contributed by atoms with E-state index in [0.29, 0.717) is 5.75 Å². The van der Waals surface area contributed by atoms with Gasteiger partial charge in [-0.3, -0.25) is 4.79 Å². The van der Waals surface area contributed by atoms with E-state index in [4.69, 9.17) is 4.74 Å². The van der Waals surface area contributed by atoms with Gasteiger partial charge in [0.1, 0.15) is 5.75 Å². The SMILES string of the molecule is CC(NC(=O)COc1ccc(C(C)(C)c2ccccc2)cc1)c1ccccc1. The molecule has 0 saturated carbocycles. The molecule has 0 saturated heterocycles. The smallest absolute Gasteiger partial charge is 0.258 e. The third-order valence-electron chi connectivity index (χ3n) is 5.12. The molecule has 1 amide bonds. The Balaban J connectivity index is 1.56. The van der Waals surface area contributed by atoms with Crippen molar-refractivity contribution in [2.75, 3.05) is 6.61 Å². The molecule has 0 radical (unpaired) electrons. The minimum absolute atomic E-state index is 0.00139. The zero-order chi connectivity index (χ0) is 20.0. The van der Waals surface area contributed by atoms with Crippen molar-refractivity contribution in [2.24, 2.45) is 0 Å². The van der Waals surface area contributed by atoms with Crippen molar-refractivity contribution in [1.82, 2.24) is 5.32 Å². The van der Waals surface area contributed by atoms with Crippen LogP contribution in [0, 0.1) is 0 Å². The summed E-state index contributed by atoms with van der Waals surface area (Å²) in [7, 11) is 0. The predicted molar refractivity (Wildman–Crippen MR) is 114 cm³/mol. The monoisotopic (exact) mass is 373 g/mol. The van der Waals surface area contributed by atoms with E-state index in [9.17, 15) is 4.79 Å². The van der Waals surface area contributed by atoms with E-state index in [0.717, 1.165) is 5.56 Å². The Morgan fingerprint density at radius 3 is 2.00 bits per heavy atom. The molecule has 0 aromatic heterocycles. The van der Waals surface area contributed by atoms with Crippen LogP contribution in [0.3, 0.4) is 0 Å². The largest absolute Gasteiger partial charge is 0.484 e. The molecule has 3 aromatic carbocycles. The highest BCUT2D eigenvalue weighted by Crippen LogP contribution is 2.32. The Morgan fingerprint density at radius 2 is 1.39 bits per heavy atom. The topological polar surface area (TPSA) is 38.3 Å². The molecular weight excluding hydrogens is 346 g/mol. The summed E-state index contributed by atoms with van der Waals surface area (Å²) >= 11 is 0. The second-order valence-corrected chi connectivity index (χ2v) is 7.50. The minimum atomic E-state index is -0.134. The van der Waals surface area contributed by atoms with E-state index in [2.05, 4.69) is 55.6 Å². The number of rotatable bonds is 7. The Hall–Kier alpha value is -3.07. The first-order chi connectivity index (χ1) is 13.5. The molecule has 0 aliphatic carbocycles. The molecule has 1 atom stereocenters. The summed E-state index contributed by atoms with van der Waals surface area (Å²) in [6.07, 6.45) is 0. The van der Waals surface area contributed by atoms with Crippen LogP contribution in [-0.4, -0.2) is 12.5 Å². The van der Waals surface area contributed by atoms with Gasteiger partial charge < -0.3 is 10.1 Å². The van der Waals surface area contributed by atoms with Gasteiger partial charge in [0.25, 0.3) is 5.91 Å². The second-order valence-electron chi connectivity index (χ2n) is 7.50. The van der Waals surface area contributed by atoms with Crippen molar-refractivity contribution in [3.8, 4) is 5.75 Å². The summed E-state index contributed by atoms with van der Waals surface area (Å²) in [5, 5.41) is 2.96. The maximum Gasteiger partial charge on any atom is 0.258 e. The average molecular weight is 373 g/mol. The van der Waals surface area contributed by atoms with Crippen LogP contribution in [0.5, 0.6) is 5.75 Å². The number of carbonyl (C=O) groups excluding carboxylic acids is 1. The first kappa shape index (κ1) is 19.7. The van der Waals surface area contributed by atoms with Crippen LogP contribution in [0.1, 0.15) is 43.5 Å². The van der Waals surface area contributed by atoms with Crippen molar-refractivity contribution in [3.63, 3.8) is 0 Å². The molecule has 3 nitrogen and oxygen atoms in total. The van der Waals surface area contributed by atoms with Crippen LogP contribution >= 0.6 is 0 Å². The molecule has 0 aliphatic rings. The maximum absolute atomic E-state index is 12.2. The highest BCUT2D eigenvalue weighted by molar-refractivity contribution is 5.78. The number of nitrogens with one attached hydrogen (secondary N) is 1. The fourth-order valence-electron chi connectivity index (χ4n) is 3.25. The standard InChI is InChI=1S/C25H27NO2/c1-19(20-10-6-4-7-11-20)26-24(27)18-28-23-16-14-22(15-17-23)25(2,3)21-12-8-5-9-13-21/h4-17,19H,18H2,1-3H3,(H,26,27). The maximum atomic E-state index is 12.2. The van der Waals surface area contributed by atoms with Crippen LogP contribution in [0.2, 0.25) is 0 Å². The summed E-state index contributed by atoms with van der Waals surface area (Å²) in [5.41, 5.74) is 3.44. The van der Waals surface area contributed by atoms with E-state index in [1.54, 1.807) is 0 Å². The van der Waals surface area contributed by atoms with E-state index in [1.807, 2.05) is 55.5 Å². The van der Waals surface area contributed by atoms with E-state index >= 15 is 0 Å². The summed E-state index contributed by atoms with van der Waals surface area (Å²) in [5.74, 6) is 0.556. The number of ether oxygens (including phenoxy) is 1. The molecular formula is C25H27NO2. The molecule has 28 heavy (non-hydrogen) atoms. The molecule has 0 aliphatic heterocycles. The lowest BCUT2D eigenvalue weighted by molar-refractivity contribution is -0.123. The van der Waals surface area contributed by atoms with Crippen molar-refractivity contribution < 1.29 is 9.53 Å². The van der Waals surface area contributed by atoms with Crippen molar-refractivity contribution in [2.45, 2.75) is 32.2 Å². The molecule has 0 bridgehead atoms. The molecule has 3 aromatic rings. The zero-order valence-electron chi connectivity index (χ0n) is 16.7. The summed E-state index contributed by atoms with van der Waals surface area (Å²) in [4.78, 5) is 12.2. The lowest BCUT2D eigenvalue weighted by Crippen LogP contribution is -2.31. The number of carbonyl (C=O) groups is 1. The summed E-state index contributed by atoms with van der Waals surface area (Å²) in [6, 6.07) is 28.2. The van der Waals surface area contributed by atoms with Gasteiger partial charge in [0.05, 0.1) is 6.04 Å². The second kappa shape index (κ2) is 8.75. The Labute approximate surface area is 167 Å². The van der Waals surface area contributed by atoms with Crippen LogP contribution in [0.25, 0.3) is 0 Å². The van der Waals surface area contributed by atoms with Gasteiger partial charge in [-0.1, -0.05) is 86.6 Å². The van der Waals surface area contributed by atoms with Gasteiger partial charge in [-0.05, 0) is 35.7 Å². The molecule has 0 spiro atoms. The first-order valence-electron chi connectivity index (χ1n) is 9.60. The molecule has 1 unspecified atom stereocenters. The Bertz CT molecular complexity index is 887. The third-order valence-corrected chi connectivity index (χ3v) is 5.12. The lowest BCUT2D eigenvalue weighted by Gasteiger charge is -2.26.